The van der Waals surface area contributed by atoms with Crippen molar-refractivity contribution in [3.05, 3.63) is 91.0 Å². The molecule has 0 unspecified atom stereocenters. The van der Waals surface area contributed by atoms with Crippen LogP contribution in [0.2, 0.25) is 0 Å². The molecule has 1 N–H and O–H groups in total. The lowest BCUT2D eigenvalue weighted by Crippen LogP contribution is -2.05. The SMILES string of the molecule is CCCCCCOc1ccc(-c2nc(-c3c(OC)ccc4ccccc34)nc(-c3c(OCCCCCC)ccc4ccccc34)n2)c(O)c1. The molecule has 0 fully saturated rings. The van der Waals surface area contributed by atoms with E-state index in [1.54, 1.807) is 13.2 Å². The van der Waals surface area contributed by atoms with Gasteiger partial charge in [-0.15, -0.1) is 0 Å². The van der Waals surface area contributed by atoms with E-state index in [0.717, 1.165) is 64.8 Å². The number of methoxy groups -OCH3 is 1. The fourth-order valence-electron chi connectivity index (χ4n) is 6.19. The standard InChI is InChI=1S/C42H45N3O4/c1-4-6-8-14-26-48-31-22-23-34(35(46)28-31)40-43-41(38-32-18-12-10-16-29(32)20-24-36(38)47-3)45-42(44-40)39-33-19-13-11-17-30(33)21-25-37(39)49-27-15-9-7-5-2/h10-13,16-25,28,46H,4-9,14-15,26-27H2,1-3H3. The minimum Gasteiger partial charge on any atom is -0.507 e. The van der Waals surface area contributed by atoms with Crippen LogP contribution in [0.4, 0.5) is 0 Å². The molecule has 7 heteroatoms. The number of aromatic hydroxyl groups is 1. The molecular weight excluding hydrogens is 610 g/mol. The molecule has 5 aromatic carbocycles. The molecule has 0 saturated heterocycles. The Morgan fingerprint density at radius 1 is 0.551 bits per heavy atom. The summed E-state index contributed by atoms with van der Waals surface area (Å²) < 4.78 is 18.3. The Morgan fingerprint density at radius 3 is 1.69 bits per heavy atom. The van der Waals surface area contributed by atoms with Crippen LogP contribution < -0.4 is 14.2 Å². The van der Waals surface area contributed by atoms with Crippen LogP contribution in [0.1, 0.15) is 65.2 Å². The summed E-state index contributed by atoms with van der Waals surface area (Å²) in [7, 11) is 1.65. The average Bonchev–Trinajstić information content (AvgIpc) is 3.13. The number of rotatable bonds is 16. The number of unbranched alkanes of at least 4 members (excludes halogenated alkanes) is 6. The molecule has 0 bridgehead atoms. The van der Waals surface area contributed by atoms with Crippen molar-refractivity contribution in [2.75, 3.05) is 20.3 Å². The number of phenols is 1. The topological polar surface area (TPSA) is 86.6 Å². The second-order valence-electron chi connectivity index (χ2n) is 12.3. The minimum atomic E-state index is 0.0318. The van der Waals surface area contributed by atoms with Crippen molar-refractivity contribution in [1.82, 2.24) is 15.0 Å². The lowest BCUT2D eigenvalue weighted by Gasteiger charge is -2.17. The zero-order chi connectivity index (χ0) is 34.0. The second-order valence-corrected chi connectivity index (χ2v) is 12.3. The van der Waals surface area contributed by atoms with E-state index >= 15 is 0 Å². The lowest BCUT2D eigenvalue weighted by atomic mass is 10.0. The maximum absolute atomic E-state index is 11.4. The number of aromatic nitrogens is 3. The lowest BCUT2D eigenvalue weighted by molar-refractivity contribution is 0.303. The molecule has 0 spiro atoms. The number of phenolic OH excluding ortho intramolecular Hbond substituents is 1. The van der Waals surface area contributed by atoms with Crippen molar-refractivity contribution < 1.29 is 19.3 Å². The van der Waals surface area contributed by atoms with Crippen molar-refractivity contribution in [2.24, 2.45) is 0 Å². The third-order valence-corrected chi connectivity index (χ3v) is 8.82. The summed E-state index contributed by atoms with van der Waals surface area (Å²) in [5.74, 6) is 3.21. The van der Waals surface area contributed by atoms with Crippen LogP contribution in [0.15, 0.2) is 91.0 Å². The molecule has 0 amide bonds. The van der Waals surface area contributed by atoms with Gasteiger partial charge < -0.3 is 19.3 Å². The van der Waals surface area contributed by atoms with Crippen molar-refractivity contribution >= 4 is 21.5 Å². The number of hydrogen-bond acceptors (Lipinski definition) is 7. The van der Waals surface area contributed by atoms with Gasteiger partial charge in [0.05, 0.1) is 37.0 Å². The number of nitrogens with zero attached hydrogens (tertiary/aromatic N) is 3. The van der Waals surface area contributed by atoms with Gasteiger partial charge in [-0.1, -0.05) is 113 Å². The van der Waals surface area contributed by atoms with Gasteiger partial charge in [0.25, 0.3) is 0 Å². The van der Waals surface area contributed by atoms with Gasteiger partial charge in [0.1, 0.15) is 23.0 Å². The average molecular weight is 656 g/mol. The third kappa shape index (κ3) is 7.78. The van der Waals surface area contributed by atoms with Crippen molar-refractivity contribution in [1.29, 1.82) is 0 Å². The highest BCUT2D eigenvalue weighted by molar-refractivity contribution is 6.00. The third-order valence-electron chi connectivity index (χ3n) is 8.82. The summed E-state index contributed by atoms with van der Waals surface area (Å²) in [5.41, 5.74) is 2.01. The molecule has 7 nitrogen and oxygen atoms in total. The fraction of sp³-hybridized carbons (Fsp3) is 0.310. The zero-order valence-electron chi connectivity index (χ0n) is 28.7. The molecule has 1 aromatic heterocycles. The molecule has 1 heterocycles. The quantitative estimate of drug-likeness (QED) is 0.104. The Morgan fingerprint density at radius 2 is 1.10 bits per heavy atom. The smallest absolute Gasteiger partial charge is 0.168 e. The monoisotopic (exact) mass is 655 g/mol. The summed E-state index contributed by atoms with van der Waals surface area (Å²) in [4.78, 5) is 15.2. The largest absolute Gasteiger partial charge is 0.507 e. The van der Waals surface area contributed by atoms with Crippen molar-refractivity contribution in [2.45, 2.75) is 65.2 Å². The molecule has 0 radical (unpaired) electrons. The molecule has 0 saturated carbocycles. The Kier molecular flexibility index (Phi) is 11.2. The Balaban J connectivity index is 1.52. The van der Waals surface area contributed by atoms with Crippen molar-refractivity contribution in [3.63, 3.8) is 0 Å². The summed E-state index contributed by atoms with van der Waals surface area (Å²) >= 11 is 0. The normalized spacial score (nSPS) is 11.2. The van der Waals surface area contributed by atoms with Crippen LogP contribution >= 0.6 is 0 Å². The van der Waals surface area contributed by atoms with Crippen LogP contribution in [-0.2, 0) is 0 Å². The highest BCUT2D eigenvalue weighted by Crippen LogP contribution is 2.41. The first kappa shape index (κ1) is 33.7. The van der Waals surface area contributed by atoms with Gasteiger partial charge in [-0.25, -0.2) is 15.0 Å². The van der Waals surface area contributed by atoms with E-state index in [9.17, 15) is 5.11 Å². The van der Waals surface area contributed by atoms with Crippen molar-refractivity contribution in [3.8, 4) is 57.2 Å². The number of benzene rings is 5. The first-order chi connectivity index (χ1) is 24.1. The fourth-order valence-corrected chi connectivity index (χ4v) is 6.19. The van der Waals surface area contributed by atoms with E-state index in [2.05, 4.69) is 38.1 Å². The summed E-state index contributed by atoms with van der Waals surface area (Å²) in [5, 5.41) is 15.4. The van der Waals surface area contributed by atoms with Crippen LogP contribution in [0, 0.1) is 0 Å². The minimum absolute atomic E-state index is 0.0318. The van der Waals surface area contributed by atoms with E-state index in [4.69, 9.17) is 29.2 Å². The maximum Gasteiger partial charge on any atom is 0.168 e. The molecule has 0 aliphatic heterocycles. The Bertz CT molecular complexity index is 2030. The zero-order valence-corrected chi connectivity index (χ0v) is 28.7. The van der Waals surface area contributed by atoms with Gasteiger partial charge in [-0.2, -0.15) is 0 Å². The summed E-state index contributed by atoms with van der Waals surface area (Å²) in [6.07, 6.45) is 8.84. The van der Waals surface area contributed by atoms with E-state index in [1.165, 1.54) is 19.3 Å². The van der Waals surface area contributed by atoms with E-state index in [-0.39, 0.29) is 5.75 Å². The van der Waals surface area contributed by atoms with Gasteiger partial charge in [0.2, 0.25) is 0 Å². The van der Waals surface area contributed by atoms with Gasteiger partial charge in [-0.3, -0.25) is 0 Å². The number of hydrogen-bond donors (Lipinski definition) is 1. The van der Waals surface area contributed by atoms with Crippen LogP contribution in [0.3, 0.4) is 0 Å². The molecule has 0 atom stereocenters. The predicted molar refractivity (Wildman–Crippen MR) is 199 cm³/mol. The van der Waals surface area contributed by atoms with E-state index in [1.807, 2.05) is 60.7 Å². The molecule has 0 aliphatic rings. The molecule has 252 valence electrons. The van der Waals surface area contributed by atoms with Crippen LogP contribution in [0.5, 0.6) is 23.0 Å². The molecule has 6 rings (SSSR count). The Labute approximate surface area is 289 Å². The number of ether oxygens (including phenoxy) is 3. The molecule has 0 aliphatic carbocycles. The Hall–Kier alpha value is -5.17. The summed E-state index contributed by atoms with van der Waals surface area (Å²) in [6, 6.07) is 29.6. The van der Waals surface area contributed by atoms with E-state index < -0.39 is 0 Å². The van der Waals surface area contributed by atoms with Gasteiger partial charge >= 0.3 is 0 Å². The second kappa shape index (κ2) is 16.3. The highest BCUT2D eigenvalue weighted by atomic mass is 16.5. The van der Waals surface area contributed by atoms with Crippen LogP contribution in [0.25, 0.3) is 55.7 Å². The maximum atomic E-state index is 11.4. The molecule has 6 aromatic rings. The molecule has 49 heavy (non-hydrogen) atoms. The van der Waals surface area contributed by atoms with Gasteiger partial charge in [-0.05, 0) is 58.7 Å². The van der Waals surface area contributed by atoms with Crippen LogP contribution in [-0.4, -0.2) is 40.4 Å². The molecular formula is C42H45N3O4. The number of fused-ring (bicyclic) bond motifs is 2. The predicted octanol–water partition coefficient (Wildman–Crippen LogP) is 10.8. The first-order valence-electron chi connectivity index (χ1n) is 17.5. The van der Waals surface area contributed by atoms with Gasteiger partial charge in [0.15, 0.2) is 17.5 Å². The first-order valence-corrected chi connectivity index (χ1v) is 17.5. The van der Waals surface area contributed by atoms with E-state index in [0.29, 0.717) is 53.5 Å². The highest BCUT2D eigenvalue weighted by Gasteiger charge is 2.22. The summed E-state index contributed by atoms with van der Waals surface area (Å²) in [6.45, 7) is 5.58. The van der Waals surface area contributed by atoms with Gasteiger partial charge in [0, 0.05) is 6.07 Å².